The van der Waals surface area contributed by atoms with E-state index in [9.17, 15) is 4.89 Å². The Kier molecular flexibility index (Phi) is 3.38. The summed E-state index contributed by atoms with van der Waals surface area (Å²) in [5, 5.41) is 2.29. The van der Waals surface area contributed by atoms with Gasteiger partial charge in [-0.05, 0) is 0 Å². The van der Waals surface area contributed by atoms with Crippen molar-refractivity contribution in [2.24, 2.45) is 5.50 Å². The van der Waals surface area contributed by atoms with Gasteiger partial charge in [-0.1, -0.05) is 0 Å². The van der Waals surface area contributed by atoms with Crippen molar-refractivity contribution >= 4 is 22.9 Å². The third-order valence-electron chi connectivity index (χ3n) is 3.84. The number of benzene rings is 3. The third kappa shape index (κ3) is 2.18. The van der Waals surface area contributed by atoms with Crippen LogP contribution in [0.4, 0.5) is 0 Å². The van der Waals surface area contributed by atoms with Crippen molar-refractivity contribution in [2.45, 2.75) is 0 Å². The molecule has 0 fully saturated rings. The molecule has 0 bridgehead atoms. The van der Waals surface area contributed by atoms with Crippen molar-refractivity contribution in [3.05, 3.63) is 91.0 Å². The molecule has 0 aromatic heterocycles. The van der Waals surface area contributed by atoms with Gasteiger partial charge in [-0.2, -0.15) is 0 Å². The Morgan fingerprint density at radius 3 is 1.00 bits per heavy atom. The van der Waals surface area contributed by atoms with Crippen LogP contribution in [0.15, 0.2) is 91.0 Å². The van der Waals surface area contributed by atoms with Gasteiger partial charge in [-0.3, -0.25) is 0 Å². The predicted molar refractivity (Wildman–Crippen MR) is 91.6 cm³/mol. The van der Waals surface area contributed by atoms with Crippen LogP contribution >= 0.6 is 6.98 Å². The Hall–Kier alpha value is -1.99. The summed E-state index contributed by atoms with van der Waals surface area (Å²) in [5.41, 5.74) is 6.79. The van der Waals surface area contributed by atoms with Crippen LogP contribution in [0.25, 0.3) is 0 Å². The molecule has 0 atom stereocenters. The Morgan fingerprint density at radius 2 is 0.762 bits per heavy atom. The second-order valence-electron chi connectivity index (χ2n) is 5.14. The molecule has 0 unspecified atom stereocenters. The van der Waals surface area contributed by atoms with E-state index in [1.807, 2.05) is 91.0 Å². The molecular weight excluding hydrogens is 277 g/mol. The monoisotopic (exact) mass is 295 g/mol. The summed E-state index contributed by atoms with van der Waals surface area (Å²) >= 11 is 0. The Labute approximate surface area is 124 Å². The SMILES string of the molecule is NP(O)(c1ccccc1)(c1ccccc1)c1ccccc1. The topological polar surface area (TPSA) is 46.2 Å². The second-order valence-corrected chi connectivity index (χ2v) is 8.97. The fraction of sp³-hybridized carbons (Fsp3) is 0. The van der Waals surface area contributed by atoms with Crippen molar-refractivity contribution < 1.29 is 4.89 Å². The normalized spacial score (nSPS) is 13.3. The maximum atomic E-state index is 11.8. The van der Waals surface area contributed by atoms with Crippen LogP contribution in [0.2, 0.25) is 0 Å². The molecule has 106 valence electrons. The summed E-state index contributed by atoms with van der Waals surface area (Å²) in [4.78, 5) is 11.8. The van der Waals surface area contributed by atoms with Crippen LogP contribution in [-0.2, 0) is 0 Å². The van der Waals surface area contributed by atoms with Gasteiger partial charge in [-0.25, -0.2) is 0 Å². The number of hydrogen-bond donors (Lipinski definition) is 2. The molecule has 3 aromatic rings. The van der Waals surface area contributed by atoms with Gasteiger partial charge in [0.15, 0.2) is 0 Å². The second kappa shape index (κ2) is 5.09. The molecule has 3 rings (SSSR count). The quantitative estimate of drug-likeness (QED) is 0.728. The average molecular weight is 295 g/mol. The first-order valence-corrected chi connectivity index (χ1v) is 9.12. The molecule has 0 aliphatic carbocycles. The summed E-state index contributed by atoms with van der Waals surface area (Å²) in [6, 6.07) is 28.6. The van der Waals surface area contributed by atoms with Gasteiger partial charge in [0.2, 0.25) is 0 Å². The Bertz CT molecular complexity index is 624. The first kappa shape index (κ1) is 14.0. The van der Waals surface area contributed by atoms with Gasteiger partial charge in [0.05, 0.1) is 0 Å². The van der Waals surface area contributed by atoms with E-state index < -0.39 is 6.98 Å². The van der Waals surface area contributed by atoms with E-state index in [1.165, 1.54) is 0 Å². The molecule has 21 heavy (non-hydrogen) atoms. The van der Waals surface area contributed by atoms with Gasteiger partial charge in [0, 0.05) is 0 Å². The van der Waals surface area contributed by atoms with Gasteiger partial charge >= 0.3 is 124 Å². The molecule has 0 heterocycles. The van der Waals surface area contributed by atoms with Gasteiger partial charge < -0.3 is 0 Å². The molecule has 3 aromatic carbocycles. The van der Waals surface area contributed by atoms with Crippen molar-refractivity contribution in [1.29, 1.82) is 0 Å². The molecule has 3 heteroatoms. The fourth-order valence-corrected chi connectivity index (χ4v) is 5.86. The molecule has 2 nitrogen and oxygen atoms in total. The van der Waals surface area contributed by atoms with Crippen LogP contribution in [0.5, 0.6) is 0 Å². The van der Waals surface area contributed by atoms with E-state index in [4.69, 9.17) is 5.50 Å². The summed E-state index contributed by atoms with van der Waals surface area (Å²) in [5.74, 6) is 0. The molecule has 0 saturated heterocycles. The van der Waals surface area contributed by atoms with Crippen molar-refractivity contribution in [1.82, 2.24) is 0 Å². The average Bonchev–Trinajstić information content (AvgIpc) is 2.57. The molecule has 0 radical (unpaired) electrons. The zero-order chi connectivity index (χ0) is 14.8. The summed E-state index contributed by atoms with van der Waals surface area (Å²) in [7, 11) is 0. The summed E-state index contributed by atoms with van der Waals surface area (Å²) in [6.07, 6.45) is 0. The fourth-order valence-electron chi connectivity index (χ4n) is 2.64. The number of nitrogens with two attached hydrogens (primary N) is 1. The van der Waals surface area contributed by atoms with E-state index in [0.29, 0.717) is 0 Å². The van der Waals surface area contributed by atoms with E-state index in [1.54, 1.807) is 0 Å². The third-order valence-corrected chi connectivity index (χ3v) is 7.87. The zero-order valence-corrected chi connectivity index (χ0v) is 12.5. The van der Waals surface area contributed by atoms with Crippen molar-refractivity contribution in [3.8, 4) is 0 Å². The molecular formula is C18H18NOP. The zero-order valence-electron chi connectivity index (χ0n) is 11.6. The molecule has 0 saturated carbocycles. The maximum absolute atomic E-state index is 11.8. The van der Waals surface area contributed by atoms with E-state index in [0.717, 1.165) is 15.9 Å². The summed E-state index contributed by atoms with van der Waals surface area (Å²) < 4.78 is 0. The van der Waals surface area contributed by atoms with Gasteiger partial charge in [0.25, 0.3) is 0 Å². The minimum absolute atomic E-state index is 0.765. The number of hydrogen-bond acceptors (Lipinski definition) is 2. The van der Waals surface area contributed by atoms with Crippen molar-refractivity contribution in [3.63, 3.8) is 0 Å². The van der Waals surface area contributed by atoms with Crippen LogP contribution in [0.3, 0.4) is 0 Å². The molecule has 3 N–H and O–H groups in total. The summed E-state index contributed by atoms with van der Waals surface area (Å²) in [6.45, 7) is -3.87. The molecule has 0 spiro atoms. The van der Waals surface area contributed by atoms with E-state index >= 15 is 0 Å². The van der Waals surface area contributed by atoms with Gasteiger partial charge in [-0.15, -0.1) is 0 Å². The Balaban J connectivity index is 2.36. The molecule has 0 aliphatic rings. The number of rotatable bonds is 3. The van der Waals surface area contributed by atoms with Gasteiger partial charge in [0.1, 0.15) is 0 Å². The minimum atomic E-state index is -3.87. The van der Waals surface area contributed by atoms with E-state index in [-0.39, 0.29) is 0 Å². The Morgan fingerprint density at radius 1 is 0.524 bits per heavy atom. The van der Waals surface area contributed by atoms with E-state index in [2.05, 4.69) is 0 Å². The molecule has 0 aliphatic heterocycles. The first-order valence-electron chi connectivity index (χ1n) is 6.86. The van der Waals surface area contributed by atoms with Crippen LogP contribution in [0.1, 0.15) is 0 Å². The molecule has 0 amide bonds. The predicted octanol–water partition coefficient (Wildman–Crippen LogP) is 2.30. The first-order chi connectivity index (χ1) is 10.1. The van der Waals surface area contributed by atoms with Crippen molar-refractivity contribution in [2.75, 3.05) is 0 Å². The van der Waals surface area contributed by atoms with Crippen LogP contribution < -0.4 is 21.4 Å². The van der Waals surface area contributed by atoms with Crippen LogP contribution in [-0.4, -0.2) is 4.89 Å². The van der Waals surface area contributed by atoms with Crippen LogP contribution in [0, 0.1) is 0 Å². The standard InChI is InChI=1S/C18H18NOP/c19-21(20,16-10-4-1-5-11-16,17-12-6-2-7-13-17)18-14-8-3-9-15-18/h1-15,20H,19H2.